The van der Waals surface area contributed by atoms with E-state index in [1.165, 1.54) is 0 Å². The van der Waals surface area contributed by atoms with Crippen LogP contribution >= 0.6 is 0 Å². The Bertz CT molecular complexity index is 984. The molecule has 0 unspecified atom stereocenters. The van der Waals surface area contributed by atoms with E-state index in [0.29, 0.717) is 36.6 Å². The molecule has 0 aliphatic carbocycles. The molecule has 1 aliphatic rings. The fourth-order valence-electron chi connectivity index (χ4n) is 3.42. The fourth-order valence-corrected chi connectivity index (χ4v) is 3.42. The number of phenols is 1. The van der Waals surface area contributed by atoms with E-state index in [4.69, 9.17) is 9.97 Å². The van der Waals surface area contributed by atoms with Gasteiger partial charge in [-0.25, -0.2) is 9.97 Å². The zero-order valence-corrected chi connectivity index (χ0v) is 14.8. The first-order chi connectivity index (χ1) is 12.6. The molecule has 4 rings (SSSR count). The number of aryl methyl sites for hydroxylation is 1. The number of nitrogens with zero attached hydrogens (tertiary/aromatic N) is 3. The number of carbonyl (C=O) groups excluding carboxylic acids is 1. The van der Waals surface area contributed by atoms with Gasteiger partial charge in [-0.2, -0.15) is 0 Å². The van der Waals surface area contributed by atoms with Crippen LogP contribution in [-0.4, -0.2) is 33.9 Å². The molecule has 5 nitrogen and oxygen atoms in total. The van der Waals surface area contributed by atoms with Gasteiger partial charge in [-0.1, -0.05) is 18.2 Å². The number of aromatic nitrogens is 2. The average molecular weight is 347 g/mol. The number of carbonyl (C=O) groups is 1. The van der Waals surface area contributed by atoms with Crippen molar-refractivity contribution >= 4 is 22.5 Å². The molecule has 3 aromatic rings. The van der Waals surface area contributed by atoms with Crippen LogP contribution < -0.4 is 4.90 Å². The lowest BCUT2D eigenvalue weighted by Crippen LogP contribution is -2.26. The van der Waals surface area contributed by atoms with E-state index in [-0.39, 0.29) is 5.75 Å². The van der Waals surface area contributed by atoms with E-state index in [9.17, 15) is 9.90 Å². The molecule has 0 atom stereocenters. The van der Waals surface area contributed by atoms with Crippen LogP contribution in [0.25, 0.3) is 22.3 Å². The van der Waals surface area contributed by atoms with Gasteiger partial charge in [-0.3, -0.25) is 4.79 Å². The predicted molar refractivity (Wildman–Crippen MR) is 102 cm³/mol. The minimum atomic E-state index is 0.163. The van der Waals surface area contributed by atoms with E-state index >= 15 is 0 Å². The molecular formula is C21H21N3O2. The maximum Gasteiger partial charge on any atom is 0.165 e. The molecule has 1 N–H and O–H groups in total. The minimum absolute atomic E-state index is 0.163. The summed E-state index contributed by atoms with van der Waals surface area (Å²) < 4.78 is 0. The van der Waals surface area contributed by atoms with Crippen molar-refractivity contribution in [2.24, 2.45) is 0 Å². The van der Waals surface area contributed by atoms with Crippen LogP contribution in [0.4, 0.5) is 5.82 Å². The maximum atomic E-state index is 11.8. The highest BCUT2D eigenvalue weighted by molar-refractivity contribution is 5.92. The zero-order chi connectivity index (χ0) is 18.1. The smallest absolute Gasteiger partial charge is 0.165 e. The van der Waals surface area contributed by atoms with Gasteiger partial charge in [-0.15, -0.1) is 0 Å². The number of Topliss-reactive ketones (excluding diaryl/α,β-unsaturated/α-hetero) is 1. The highest BCUT2D eigenvalue weighted by Gasteiger charge is 2.20. The van der Waals surface area contributed by atoms with Gasteiger partial charge >= 0.3 is 0 Å². The third-order valence-electron chi connectivity index (χ3n) is 4.82. The lowest BCUT2D eigenvalue weighted by molar-refractivity contribution is -0.118. The number of phenolic OH excluding ortho intramolecular Hbond substituents is 1. The molecule has 132 valence electrons. The van der Waals surface area contributed by atoms with Gasteiger partial charge in [0.05, 0.1) is 11.1 Å². The number of hydrogen-bond donors (Lipinski definition) is 1. The second-order valence-electron chi connectivity index (χ2n) is 6.79. The van der Waals surface area contributed by atoms with Crippen molar-refractivity contribution in [1.29, 1.82) is 0 Å². The number of para-hydroxylation sites is 1. The molecule has 26 heavy (non-hydrogen) atoms. The van der Waals surface area contributed by atoms with Crippen molar-refractivity contribution < 1.29 is 9.90 Å². The van der Waals surface area contributed by atoms with Crippen molar-refractivity contribution in [3.63, 3.8) is 0 Å². The zero-order valence-electron chi connectivity index (χ0n) is 14.8. The summed E-state index contributed by atoms with van der Waals surface area (Å²) in [6.45, 7) is 3.50. The topological polar surface area (TPSA) is 66.3 Å². The van der Waals surface area contributed by atoms with Gasteiger partial charge in [0.2, 0.25) is 0 Å². The number of anilines is 1. The quantitative estimate of drug-likeness (QED) is 0.762. The number of ketones is 1. The Morgan fingerprint density at radius 3 is 2.73 bits per heavy atom. The van der Waals surface area contributed by atoms with Crippen LogP contribution in [0.2, 0.25) is 0 Å². The number of hydrogen-bond acceptors (Lipinski definition) is 5. The Labute approximate surface area is 152 Å². The first kappa shape index (κ1) is 16.5. The Hall–Kier alpha value is -2.95. The summed E-state index contributed by atoms with van der Waals surface area (Å²) >= 11 is 0. The van der Waals surface area contributed by atoms with E-state index in [0.717, 1.165) is 35.2 Å². The van der Waals surface area contributed by atoms with Gasteiger partial charge in [0.25, 0.3) is 0 Å². The minimum Gasteiger partial charge on any atom is -0.507 e. The van der Waals surface area contributed by atoms with E-state index in [1.54, 1.807) is 12.1 Å². The summed E-state index contributed by atoms with van der Waals surface area (Å²) in [6.07, 6.45) is 2.01. The molecule has 1 saturated heterocycles. The highest BCUT2D eigenvalue weighted by atomic mass is 16.3. The van der Waals surface area contributed by atoms with Crippen molar-refractivity contribution in [1.82, 2.24) is 9.97 Å². The van der Waals surface area contributed by atoms with Gasteiger partial charge in [0.1, 0.15) is 17.4 Å². The van der Waals surface area contributed by atoms with Crippen LogP contribution in [0.1, 0.15) is 24.8 Å². The van der Waals surface area contributed by atoms with Crippen LogP contribution in [0.5, 0.6) is 5.75 Å². The molecule has 5 heteroatoms. The van der Waals surface area contributed by atoms with Gasteiger partial charge in [-0.05, 0) is 43.2 Å². The molecule has 0 radical (unpaired) electrons. The van der Waals surface area contributed by atoms with Gasteiger partial charge in [0, 0.05) is 31.3 Å². The molecule has 1 aromatic heterocycles. The summed E-state index contributed by atoms with van der Waals surface area (Å²) in [5.41, 5.74) is 2.59. The first-order valence-corrected chi connectivity index (χ1v) is 8.95. The van der Waals surface area contributed by atoms with Gasteiger partial charge in [0.15, 0.2) is 5.82 Å². The van der Waals surface area contributed by atoms with Crippen LogP contribution in [-0.2, 0) is 4.79 Å². The molecule has 0 saturated carbocycles. The normalized spacial score (nSPS) is 15.3. The maximum absolute atomic E-state index is 11.8. The Morgan fingerprint density at radius 2 is 1.88 bits per heavy atom. The molecule has 2 heterocycles. The molecule has 2 aromatic carbocycles. The van der Waals surface area contributed by atoms with Crippen LogP contribution in [0.3, 0.4) is 0 Å². The van der Waals surface area contributed by atoms with Crippen molar-refractivity contribution in [3.8, 4) is 17.1 Å². The van der Waals surface area contributed by atoms with Crippen LogP contribution in [0, 0.1) is 6.92 Å². The molecule has 0 amide bonds. The summed E-state index contributed by atoms with van der Waals surface area (Å²) in [5, 5.41) is 11.2. The number of aromatic hydroxyl groups is 1. The summed E-state index contributed by atoms with van der Waals surface area (Å²) in [5.74, 6) is 1.81. The second kappa shape index (κ2) is 6.75. The van der Waals surface area contributed by atoms with E-state index in [1.807, 2.05) is 31.2 Å². The lowest BCUT2D eigenvalue weighted by atomic mass is 10.1. The van der Waals surface area contributed by atoms with Crippen molar-refractivity contribution in [3.05, 3.63) is 48.0 Å². The van der Waals surface area contributed by atoms with E-state index in [2.05, 4.69) is 11.0 Å². The Balaban J connectivity index is 1.90. The van der Waals surface area contributed by atoms with Gasteiger partial charge < -0.3 is 10.0 Å². The third kappa shape index (κ3) is 3.12. The molecular weight excluding hydrogens is 326 g/mol. The molecule has 1 fully saturated rings. The first-order valence-electron chi connectivity index (χ1n) is 8.95. The molecule has 0 spiro atoms. The standard InChI is InChI=1S/C21H21N3O2/c1-14-8-9-16-18(13-14)22-20(17-6-2-3-7-19(17)26)23-21(16)24-11-4-5-15(25)10-12-24/h2-3,6-9,13,26H,4-5,10-12H2,1H3. The largest absolute Gasteiger partial charge is 0.507 e. The third-order valence-corrected chi connectivity index (χ3v) is 4.82. The summed E-state index contributed by atoms with van der Waals surface area (Å²) in [6, 6.07) is 13.2. The number of fused-ring (bicyclic) bond motifs is 1. The second-order valence-corrected chi connectivity index (χ2v) is 6.79. The number of benzene rings is 2. The fraction of sp³-hybridized carbons (Fsp3) is 0.286. The highest BCUT2D eigenvalue weighted by Crippen LogP contribution is 2.32. The van der Waals surface area contributed by atoms with E-state index < -0.39 is 0 Å². The lowest BCUT2D eigenvalue weighted by Gasteiger charge is -2.23. The average Bonchev–Trinajstić information content (AvgIpc) is 2.85. The summed E-state index contributed by atoms with van der Waals surface area (Å²) in [4.78, 5) is 23.5. The molecule has 1 aliphatic heterocycles. The SMILES string of the molecule is Cc1ccc2c(N3CCCC(=O)CC3)nc(-c3ccccc3O)nc2c1. The predicted octanol–water partition coefficient (Wildman–Crippen LogP) is 3.87. The van der Waals surface area contributed by atoms with Crippen molar-refractivity contribution in [2.45, 2.75) is 26.2 Å². The monoisotopic (exact) mass is 347 g/mol. The van der Waals surface area contributed by atoms with Crippen molar-refractivity contribution in [2.75, 3.05) is 18.0 Å². The van der Waals surface area contributed by atoms with Crippen LogP contribution in [0.15, 0.2) is 42.5 Å². The Morgan fingerprint density at radius 1 is 1.04 bits per heavy atom. The number of rotatable bonds is 2. The summed E-state index contributed by atoms with van der Waals surface area (Å²) in [7, 11) is 0. The Kier molecular flexibility index (Phi) is 4.29. The molecule has 0 bridgehead atoms.